The van der Waals surface area contributed by atoms with Crippen LogP contribution in [0.1, 0.15) is 6.92 Å². The van der Waals surface area contributed by atoms with Crippen molar-refractivity contribution in [2.24, 2.45) is 0 Å². The number of fused-ring (bicyclic) bond motifs is 10. The number of hydrogen-bond donors (Lipinski definition) is 0. The van der Waals surface area contributed by atoms with Crippen LogP contribution in [-0.2, 0) is 6.51 Å². The molecule has 0 aromatic carbocycles. The second-order valence-corrected chi connectivity index (χ2v) is 36.3. The van der Waals surface area contributed by atoms with Crippen molar-refractivity contribution in [3.8, 4) is 0 Å². The first-order chi connectivity index (χ1) is 5.93. The van der Waals surface area contributed by atoms with Gasteiger partial charge in [0.2, 0.25) is 0 Å². The molecule has 0 aromatic rings. The Labute approximate surface area is 80.6 Å². The Balaban J connectivity index is 2.19. The zero-order valence-corrected chi connectivity index (χ0v) is 10.6. The molecule has 10 fully saturated rings. The maximum absolute atomic E-state index is 3.07. The van der Waals surface area contributed by atoms with Gasteiger partial charge in [0.25, 0.3) is 0 Å². The first kappa shape index (κ1) is 4.63. The van der Waals surface area contributed by atoms with Crippen LogP contribution >= 0.6 is 22.6 Å². The summed E-state index contributed by atoms with van der Waals surface area (Å²) in [6, 6.07) is 0. The number of halogens is 1. The Morgan fingerprint density at radius 2 is 1.38 bits per heavy atom. The third kappa shape index (κ3) is 0.0325. The molecule has 0 radical (unpaired) electrons. The quantitative estimate of drug-likeness (QED) is 0.357. The summed E-state index contributed by atoms with van der Waals surface area (Å²) in [4.78, 5) is 12.1. The van der Waals surface area contributed by atoms with Crippen LogP contribution in [0.4, 0.5) is 0 Å². The summed E-state index contributed by atoms with van der Waals surface area (Å²) in [5.41, 5.74) is 0. The minimum absolute atomic E-state index is 1.13. The van der Waals surface area contributed by atoms with E-state index in [4.69, 9.17) is 0 Å². The van der Waals surface area contributed by atoms with E-state index in [2.05, 4.69) is 29.5 Å². The molecular formula is C11H11FeI. The number of hydrogen-bond acceptors (Lipinski definition) is 0. The van der Waals surface area contributed by atoms with Gasteiger partial charge in [-0.2, -0.15) is 0 Å². The van der Waals surface area contributed by atoms with Crippen molar-refractivity contribution in [2.75, 3.05) is 0 Å². The summed E-state index contributed by atoms with van der Waals surface area (Å²) in [7, 11) is 0. The maximum atomic E-state index is 3.07. The summed E-state index contributed by atoms with van der Waals surface area (Å²) in [6.07, 6.45) is 0. The molecule has 0 aliphatic carbocycles. The number of alkyl halides is 1. The Morgan fingerprint density at radius 3 is 1.38 bits per heavy atom. The van der Waals surface area contributed by atoms with Gasteiger partial charge in [-0.25, -0.2) is 0 Å². The van der Waals surface area contributed by atoms with Crippen LogP contribution in [0.2, 0.25) is 42.8 Å². The van der Waals surface area contributed by atoms with Crippen molar-refractivity contribution in [3.63, 3.8) is 0 Å². The van der Waals surface area contributed by atoms with Crippen molar-refractivity contribution in [3.05, 3.63) is 0 Å². The molecule has 10 saturated heterocycles. The van der Waals surface area contributed by atoms with Crippen molar-refractivity contribution < 1.29 is 6.51 Å². The molecule has 0 saturated carbocycles. The van der Waals surface area contributed by atoms with Gasteiger partial charge < -0.3 is 0 Å². The molecule has 10 rings (SSSR count). The number of rotatable bonds is 0. The monoisotopic (exact) mass is 326 g/mol. The molecule has 0 aromatic heterocycles. The fourth-order valence-corrected chi connectivity index (χ4v) is 111. The van der Waals surface area contributed by atoms with Gasteiger partial charge >= 0.3 is 81.2 Å². The van der Waals surface area contributed by atoms with Crippen LogP contribution in [0, 0.1) is 0 Å². The van der Waals surface area contributed by atoms with Crippen LogP contribution < -0.4 is 0 Å². The van der Waals surface area contributed by atoms with Crippen molar-refractivity contribution in [2.45, 2.75) is 52.1 Å². The van der Waals surface area contributed by atoms with Crippen LogP contribution in [0.3, 0.4) is 0 Å². The molecule has 10 aliphatic rings. The van der Waals surface area contributed by atoms with E-state index in [0.29, 0.717) is 0 Å². The Hall–Kier alpha value is 1.25. The van der Waals surface area contributed by atoms with E-state index < -0.39 is 6.51 Å². The SMILES string of the molecule is C[C]12[CH]3[CH]4[CH]5[CH]1[Fe]45321678[CH]2[CH]1[CH]6[C]7(I)[CH]28. The molecule has 70 valence electrons. The van der Waals surface area contributed by atoms with Crippen LogP contribution in [0.5, 0.6) is 0 Å². The summed E-state index contributed by atoms with van der Waals surface area (Å²) >= 11 is 3.07. The molecular weight excluding hydrogens is 315 g/mol. The Morgan fingerprint density at radius 1 is 0.923 bits per heavy atom. The van der Waals surface area contributed by atoms with Gasteiger partial charge in [0.1, 0.15) is 0 Å². The molecule has 0 nitrogen and oxygen atoms in total. The van der Waals surface area contributed by atoms with Gasteiger partial charge in [0.05, 0.1) is 0 Å². The summed E-state index contributed by atoms with van der Waals surface area (Å²) < 4.78 is 2.27. The van der Waals surface area contributed by atoms with Gasteiger partial charge in [-0.15, -0.1) is 0 Å². The predicted octanol–water partition coefficient (Wildman–Crippen LogP) is 4.11. The molecule has 0 amide bonds. The van der Waals surface area contributed by atoms with Crippen molar-refractivity contribution in [1.29, 1.82) is 0 Å². The first-order valence-corrected chi connectivity index (χ1v) is 13.1. The second kappa shape index (κ2) is 0.294. The zero-order chi connectivity index (χ0) is 7.94. The molecule has 0 bridgehead atoms. The van der Waals surface area contributed by atoms with Gasteiger partial charge in [0.15, 0.2) is 0 Å². The van der Waals surface area contributed by atoms with Crippen LogP contribution in [0.25, 0.3) is 0 Å². The fraction of sp³-hybridized carbons (Fsp3) is 1.00. The summed E-state index contributed by atoms with van der Waals surface area (Å²) in [6.45, 7) is 0.184. The third-order valence-electron chi connectivity index (χ3n) is 15.4. The topological polar surface area (TPSA) is 0 Å². The van der Waals surface area contributed by atoms with E-state index in [9.17, 15) is 0 Å². The third-order valence-corrected chi connectivity index (χ3v) is 69.4. The van der Waals surface area contributed by atoms with Gasteiger partial charge in [0, 0.05) is 0 Å². The molecule has 8 unspecified atom stereocenters. The Kier molecular flexibility index (Phi) is 0.105. The molecule has 0 N–H and O–H groups in total. The van der Waals surface area contributed by atoms with Gasteiger partial charge in [-0.3, -0.25) is 0 Å². The van der Waals surface area contributed by atoms with E-state index in [1.54, 1.807) is 0 Å². The Bertz CT molecular complexity index is 826. The van der Waals surface area contributed by atoms with Crippen LogP contribution in [-0.4, -0.2) is 2.32 Å². The van der Waals surface area contributed by atoms with Gasteiger partial charge in [-0.05, 0) is 0 Å². The normalized spacial score (nSPS) is 158. The second-order valence-electron chi connectivity index (χ2n) is 10.1. The molecule has 8 atom stereocenters. The van der Waals surface area contributed by atoms with E-state index in [1.807, 2.05) is 0 Å². The van der Waals surface area contributed by atoms with Crippen LogP contribution in [0.15, 0.2) is 0 Å². The zero-order valence-electron chi connectivity index (χ0n) is 7.35. The van der Waals surface area contributed by atoms with E-state index in [0.717, 1.165) is 6.63 Å². The molecule has 10 heterocycles. The standard InChI is InChI=1S/C6H7.C5H4I.Fe/c1-6-4-2-3-5-6;6-5-3-1-2-4-5;/h2-5H,1H3;1-4H;. The molecule has 2 heteroatoms. The molecule has 13 heavy (non-hydrogen) atoms. The molecule has 10 aliphatic heterocycles. The van der Waals surface area contributed by atoms with Crippen molar-refractivity contribution in [1.82, 2.24) is 0 Å². The summed E-state index contributed by atoms with van der Waals surface area (Å²) in [5, 5.41) is 0. The van der Waals surface area contributed by atoms with Crippen molar-refractivity contribution >= 4 is 22.6 Å². The minimum atomic E-state index is -2.63. The summed E-state index contributed by atoms with van der Waals surface area (Å²) in [5.74, 6) is 0. The average Bonchev–Trinajstić information content (AvgIpc) is 3.01. The average molecular weight is 326 g/mol. The first-order valence-electron chi connectivity index (χ1n) is 5.83. The fourth-order valence-electron chi connectivity index (χ4n) is 17.3. The predicted molar refractivity (Wildman–Crippen MR) is 55.1 cm³/mol. The van der Waals surface area contributed by atoms with Gasteiger partial charge in [-0.1, -0.05) is 0 Å². The van der Waals surface area contributed by atoms with E-state index in [1.165, 1.54) is 38.5 Å². The molecule has 1 spiro atoms. The van der Waals surface area contributed by atoms with E-state index >= 15 is 0 Å². The van der Waals surface area contributed by atoms with E-state index in [-0.39, 0.29) is 0 Å².